The van der Waals surface area contributed by atoms with Gasteiger partial charge in [0.2, 0.25) is 0 Å². The van der Waals surface area contributed by atoms with Crippen molar-refractivity contribution in [2.45, 2.75) is 12.5 Å². The van der Waals surface area contributed by atoms with Gasteiger partial charge in [0.05, 0.1) is 23.1 Å². The van der Waals surface area contributed by atoms with Crippen molar-refractivity contribution >= 4 is 34.0 Å². The number of nitrogens with zero attached hydrogens (tertiary/aromatic N) is 2. The molecule has 4 nitrogen and oxygen atoms in total. The molecule has 5 heteroatoms. The second-order valence-electron chi connectivity index (χ2n) is 4.50. The molecular formula is C12H16N4S. The van der Waals surface area contributed by atoms with Crippen molar-refractivity contribution in [2.24, 2.45) is 0 Å². The van der Waals surface area contributed by atoms with Gasteiger partial charge in [0.25, 0.3) is 0 Å². The Kier molecular flexibility index (Phi) is 2.63. The maximum Gasteiger partial charge on any atom is 0.0672 e. The number of aromatic nitrogens is 2. The van der Waals surface area contributed by atoms with E-state index in [0.29, 0.717) is 6.04 Å². The number of H-pyrrole nitrogens is 1. The van der Waals surface area contributed by atoms with Crippen LogP contribution in [0.1, 0.15) is 6.42 Å². The lowest BCUT2D eigenvalue weighted by Crippen LogP contribution is -2.31. The minimum absolute atomic E-state index is 0.600. The first-order valence-electron chi connectivity index (χ1n) is 5.79. The van der Waals surface area contributed by atoms with Crippen molar-refractivity contribution < 1.29 is 0 Å². The van der Waals surface area contributed by atoms with Crippen LogP contribution in [0.15, 0.2) is 18.3 Å². The topological polar surface area (TPSA) is 57.9 Å². The number of hydrogen-bond acceptors (Lipinski definition) is 4. The molecule has 2 aromatic rings. The first-order chi connectivity index (χ1) is 8.25. The van der Waals surface area contributed by atoms with Crippen molar-refractivity contribution in [3.63, 3.8) is 0 Å². The molecule has 1 unspecified atom stereocenters. The minimum atomic E-state index is 0.600. The van der Waals surface area contributed by atoms with E-state index in [1.165, 1.54) is 17.9 Å². The number of thioether (sulfide) groups is 1. The fraction of sp³-hybridized carbons (Fsp3) is 0.417. The lowest BCUT2D eigenvalue weighted by molar-refractivity contribution is 0.701. The lowest BCUT2D eigenvalue weighted by atomic mass is 10.1. The second kappa shape index (κ2) is 4.14. The van der Waals surface area contributed by atoms with E-state index in [1.807, 2.05) is 17.8 Å². The molecule has 1 aromatic carbocycles. The summed E-state index contributed by atoms with van der Waals surface area (Å²) in [5.41, 5.74) is 9.11. The molecule has 1 aromatic heterocycles. The van der Waals surface area contributed by atoms with Gasteiger partial charge < -0.3 is 10.6 Å². The number of aromatic amines is 1. The number of nitrogen functional groups attached to an aromatic ring is 1. The molecular weight excluding hydrogens is 232 g/mol. The van der Waals surface area contributed by atoms with Crippen molar-refractivity contribution in [1.82, 2.24) is 10.2 Å². The standard InChI is InChI=1S/C12H16N4S/c1-16(9-2-3-17-7-9)12-5-11-8(4-10(12)13)6-14-15-11/h4-6,9H,2-3,7,13H2,1H3,(H,14,15). The number of nitrogens with two attached hydrogens (primary N) is 1. The summed E-state index contributed by atoms with van der Waals surface area (Å²) in [6, 6.07) is 4.69. The molecule has 90 valence electrons. The molecule has 1 aliphatic heterocycles. The van der Waals surface area contributed by atoms with Crippen LogP contribution in [0.3, 0.4) is 0 Å². The van der Waals surface area contributed by atoms with E-state index >= 15 is 0 Å². The number of fused-ring (bicyclic) bond motifs is 1. The first-order valence-corrected chi connectivity index (χ1v) is 6.94. The average Bonchev–Trinajstić information content (AvgIpc) is 2.97. The number of benzene rings is 1. The van der Waals surface area contributed by atoms with Gasteiger partial charge in [-0.05, 0) is 24.3 Å². The lowest BCUT2D eigenvalue weighted by Gasteiger charge is -2.27. The quantitative estimate of drug-likeness (QED) is 0.799. The monoisotopic (exact) mass is 248 g/mol. The molecule has 3 rings (SSSR count). The Morgan fingerprint density at radius 2 is 2.41 bits per heavy atom. The first kappa shape index (κ1) is 10.8. The molecule has 0 saturated carbocycles. The summed E-state index contributed by atoms with van der Waals surface area (Å²) in [6.07, 6.45) is 3.04. The number of rotatable bonds is 2. The van der Waals surface area contributed by atoms with Crippen LogP contribution >= 0.6 is 11.8 Å². The molecule has 3 N–H and O–H groups in total. The Labute approximate surface area is 105 Å². The van der Waals surface area contributed by atoms with Crippen LogP contribution in [-0.4, -0.2) is 34.8 Å². The summed E-state index contributed by atoms with van der Waals surface area (Å²) in [6.45, 7) is 0. The summed E-state index contributed by atoms with van der Waals surface area (Å²) in [7, 11) is 2.13. The average molecular weight is 248 g/mol. The highest BCUT2D eigenvalue weighted by molar-refractivity contribution is 7.99. The minimum Gasteiger partial charge on any atom is -0.397 e. The van der Waals surface area contributed by atoms with E-state index in [1.54, 1.807) is 6.20 Å². The fourth-order valence-corrected chi connectivity index (χ4v) is 3.60. The van der Waals surface area contributed by atoms with E-state index in [2.05, 4.69) is 28.2 Å². The zero-order valence-electron chi connectivity index (χ0n) is 9.81. The highest BCUT2D eigenvalue weighted by atomic mass is 32.2. The van der Waals surface area contributed by atoms with Gasteiger partial charge in [0.1, 0.15) is 0 Å². The third kappa shape index (κ3) is 1.84. The van der Waals surface area contributed by atoms with Crippen molar-refractivity contribution in [1.29, 1.82) is 0 Å². The van der Waals surface area contributed by atoms with Crippen molar-refractivity contribution in [3.8, 4) is 0 Å². The van der Waals surface area contributed by atoms with E-state index in [0.717, 1.165) is 22.3 Å². The third-order valence-corrected chi connectivity index (χ3v) is 4.57. The van der Waals surface area contributed by atoms with Gasteiger partial charge in [-0.25, -0.2) is 0 Å². The summed E-state index contributed by atoms with van der Waals surface area (Å²) >= 11 is 2.01. The predicted octanol–water partition coefficient (Wildman–Crippen LogP) is 2.09. The zero-order valence-corrected chi connectivity index (χ0v) is 10.6. The zero-order chi connectivity index (χ0) is 11.8. The Balaban J connectivity index is 2.00. The van der Waals surface area contributed by atoms with Crippen LogP contribution in [0.4, 0.5) is 11.4 Å². The molecule has 2 heterocycles. The Morgan fingerprint density at radius 1 is 1.53 bits per heavy atom. The van der Waals surface area contributed by atoms with Gasteiger partial charge in [-0.15, -0.1) is 0 Å². The van der Waals surface area contributed by atoms with Crippen LogP contribution in [0, 0.1) is 0 Å². The van der Waals surface area contributed by atoms with Gasteiger partial charge in [0.15, 0.2) is 0 Å². The second-order valence-corrected chi connectivity index (χ2v) is 5.65. The van der Waals surface area contributed by atoms with Gasteiger partial charge in [0, 0.05) is 24.2 Å². The molecule has 1 aliphatic rings. The molecule has 1 saturated heterocycles. The number of nitrogens with one attached hydrogen (secondary N) is 1. The largest absolute Gasteiger partial charge is 0.397 e. The molecule has 0 bridgehead atoms. The Morgan fingerprint density at radius 3 is 3.18 bits per heavy atom. The van der Waals surface area contributed by atoms with E-state index in [9.17, 15) is 0 Å². The van der Waals surface area contributed by atoms with Crippen LogP contribution in [0.25, 0.3) is 10.9 Å². The molecule has 0 radical (unpaired) electrons. The van der Waals surface area contributed by atoms with Gasteiger partial charge in [-0.3, -0.25) is 5.10 Å². The van der Waals surface area contributed by atoms with E-state index < -0.39 is 0 Å². The third-order valence-electron chi connectivity index (χ3n) is 3.42. The molecule has 1 atom stereocenters. The summed E-state index contributed by atoms with van der Waals surface area (Å²) in [4.78, 5) is 2.30. The molecule has 0 spiro atoms. The Hall–Kier alpha value is -1.36. The molecule has 0 aliphatic carbocycles. The highest BCUT2D eigenvalue weighted by Crippen LogP contribution is 2.32. The van der Waals surface area contributed by atoms with Gasteiger partial charge >= 0.3 is 0 Å². The van der Waals surface area contributed by atoms with E-state index in [-0.39, 0.29) is 0 Å². The maximum atomic E-state index is 6.12. The Bertz CT molecular complexity index is 530. The maximum absolute atomic E-state index is 6.12. The summed E-state index contributed by atoms with van der Waals surface area (Å²) in [5.74, 6) is 2.44. The number of hydrogen-bond donors (Lipinski definition) is 2. The summed E-state index contributed by atoms with van der Waals surface area (Å²) < 4.78 is 0. The van der Waals surface area contributed by atoms with Gasteiger partial charge in [-0.1, -0.05) is 0 Å². The molecule has 0 amide bonds. The van der Waals surface area contributed by atoms with Crippen LogP contribution in [0.5, 0.6) is 0 Å². The SMILES string of the molecule is CN(c1cc2[nH]ncc2cc1N)C1CCSC1. The number of anilines is 2. The molecule has 1 fully saturated rings. The van der Waals surface area contributed by atoms with Crippen LogP contribution in [-0.2, 0) is 0 Å². The molecule has 17 heavy (non-hydrogen) atoms. The van der Waals surface area contributed by atoms with Crippen LogP contribution < -0.4 is 10.6 Å². The van der Waals surface area contributed by atoms with Crippen molar-refractivity contribution in [3.05, 3.63) is 18.3 Å². The predicted molar refractivity (Wildman–Crippen MR) is 74.6 cm³/mol. The van der Waals surface area contributed by atoms with Gasteiger partial charge in [-0.2, -0.15) is 16.9 Å². The van der Waals surface area contributed by atoms with Crippen LogP contribution in [0.2, 0.25) is 0 Å². The smallest absolute Gasteiger partial charge is 0.0672 e. The normalized spacial score (nSPS) is 19.9. The van der Waals surface area contributed by atoms with E-state index in [4.69, 9.17) is 5.73 Å². The highest BCUT2D eigenvalue weighted by Gasteiger charge is 2.21. The fourth-order valence-electron chi connectivity index (χ4n) is 2.33. The summed E-state index contributed by atoms with van der Waals surface area (Å²) in [5, 5.41) is 8.10. The van der Waals surface area contributed by atoms with Crippen molar-refractivity contribution in [2.75, 3.05) is 29.2 Å².